The molecule has 0 bridgehead atoms. The Kier molecular flexibility index (Phi) is 5.49. The summed E-state index contributed by atoms with van der Waals surface area (Å²) in [6, 6.07) is 0.343. The number of likely N-dealkylation sites (tertiary alicyclic amines) is 1. The maximum absolute atomic E-state index is 12.2. The van der Waals surface area contributed by atoms with E-state index in [9.17, 15) is 4.79 Å². The molecule has 0 aromatic carbocycles. The Labute approximate surface area is 138 Å². The van der Waals surface area contributed by atoms with Gasteiger partial charge in [0.25, 0.3) is 0 Å². The highest BCUT2D eigenvalue weighted by molar-refractivity contribution is 5.78. The van der Waals surface area contributed by atoms with Crippen LogP contribution in [0.25, 0.3) is 0 Å². The number of aryl methyl sites for hydroxylation is 1. The van der Waals surface area contributed by atoms with Crippen molar-refractivity contribution in [3.8, 4) is 0 Å². The summed E-state index contributed by atoms with van der Waals surface area (Å²) < 4.78 is 1.84. The van der Waals surface area contributed by atoms with Gasteiger partial charge in [0.2, 0.25) is 5.91 Å². The van der Waals surface area contributed by atoms with E-state index < -0.39 is 0 Å². The fraction of sp³-hybridized carbons (Fsp3) is 0.667. The van der Waals surface area contributed by atoms with Gasteiger partial charge in [0.15, 0.2) is 0 Å². The molecule has 23 heavy (non-hydrogen) atoms. The number of rotatable bonds is 6. The summed E-state index contributed by atoms with van der Waals surface area (Å²) in [5, 5.41) is 7.35. The Balaban J connectivity index is 1.44. The average molecular weight is 316 g/mol. The van der Waals surface area contributed by atoms with E-state index >= 15 is 0 Å². The van der Waals surface area contributed by atoms with Gasteiger partial charge in [-0.2, -0.15) is 5.10 Å². The van der Waals surface area contributed by atoms with Crippen molar-refractivity contribution in [2.75, 3.05) is 19.6 Å². The molecule has 1 amide bonds. The zero-order valence-electron chi connectivity index (χ0n) is 14.1. The molecular weight excluding hydrogens is 288 g/mol. The van der Waals surface area contributed by atoms with Crippen LogP contribution in [0.1, 0.15) is 56.6 Å². The van der Waals surface area contributed by atoms with E-state index in [1.807, 2.05) is 17.9 Å². The zero-order chi connectivity index (χ0) is 16.1. The second kappa shape index (κ2) is 7.77. The normalized spacial score (nSPS) is 22.1. The van der Waals surface area contributed by atoms with Crippen LogP contribution in [-0.4, -0.2) is 40.2 Å². The second-order valence-corrected chi connectivity index (χ2v) is 6.78. The average Bonchev–Trinajstić information content (AvgIpc) is 3.17. The van der Waals surface area contributed by atoms with Crippen molar-refractivity contribution < 1.29 is 4.79 Å². The van der Waals surface area contributed by atoms with Crippen LogP contribution in [0.5, 0.6) is 0 Å². The highest BCUT2D eigenvalue weighted by Crippen LogP contribution is 2.31. The first-order valence-corrected chi connectivity index (χ1v) is 8.89. The molecule has 1 aliphatic carbocycles. The van der Waals surface area contributed by atoms with Gasteiger partial charge in [0, 0.05) is 31.4 Å². The maximum Gasteiger partial charge on any atom is 0.234 e. The number of carbonyl (C=O) groups excluding carboxylic acids is 1. The number of amides is 1. The van der Waals surface area contributed by atoms with Crippen LogP contribution in [0, 0.1) is 0 Å². The summed E-state index contributed by atoms with van der Waals surface area (Å²) >= 11 is 0. The number of hydrogen-bond acceptors (Lipinski definition) is 3. The SMILES string of the molecule is Cn1cc([C@@H]2CCCN2CC(=O)NCCC2=CCCCC2)cn1. The van der Waals surface area contributed by atoms with E-state index in [0.717, 1.165) is 32.4 Å². The van der Waals surface area contributed by atoms with E-state index in [4.69, 9.17) is 0 Å². The van der Waals surface area contributed by atoms with E-state index in [2.05, 4.69) is 27.6 Å². The Morgan fingerprint density at radius 2 is 2.30 bits per heavy atom. The minimum absolute atomic E-state index is 0.150. The van der Waals surface area contributed by atoms with Crippen LogP contribution in [0.15, 0.2) is 24.0 Å². The van der Waals surface area contributed by atoms with Crippen LogP contribution in [0.4, 0.5) is 0 Å². The number of nitrogens with zero attached hydrogens (tertiary/aromatic N) is 3. The molecule has 5 heteroatoms. The predicted molar refractivity (Wildman–Crippen MR) is 90.9 cm³/mol. The van der Waals surface area contributed by atoms with Crippen LogP contribution in [0.3, 0.4) is 0 Å². The van der Waals surface area contributed by atoms with E-state index in [1.54, 1.807) is 0 Å². The largest absolute Gasteiger partial charge is 0.355 e. The lowest BCUT2D eigenvalue weighted by Crippen LogP contribution is -2.37. The van der Waals surface area contributed by atoms with Gasteiger partial charge in [-0.25, -0.2) is 0 Å². The quantitative estimate of drug-likeness (QED) is 0.821. The van der Waals surface area contributed by atoms with E-state index in [-0.39, 0.29) is 5.91 Å². The molecule has 126 valence electrons. The Hall–Kier alpha value is -1.62. The van der Waals surface area contributed by atoms with E-state index in [1.165, 1.54) is 36.8 Å². The van der Waals surface area contributed by atoms with Gasteiger partial charge >= 0.3 is 0 Å². The molecule has 1 atom stereocenters. The topological polar surface area (TPSA) is 50.2 Å². The molecule has 0 radical (unpaired) electrons. The molecule has 1 aromatic heterocycles. The number of aromatic nitrogens is 2. The third-order valence-corrected chi connectivity index (χ3v) is 4.97. The monoisotopic (exact) mass is 316 g/mol. The van der Waals surface area contributed by atoms with Crippen LogP contribution >= 0.6 is 0 Å². The molecule has 1 fully saturated rings. The molecule has 1 aliphatic heterocycles. The number of hydrogen-bond donors (Lipinski definition) is 1. The maximum atomic E-state index is 12.2. The fourth-order valence-electron chi connectivity index (χ4n) is 3.74. The Morgan fingerprint density at radius 3 is 3.04 bits per heavy atom. The number of carbonyl (C=O) groups is 1. The highest BCUT2D eigenvalue weighted by atomic mass is 16.2. The molecule has 1 N–H and O–H groups in total. The minimum Gasteiger partial charge on any atom is -0.355 e. The van der Waals surface area contributed by atoms with E-state index in [0.29, 0.717) is 12.6 Å². The van der Waals surface area contributed by atoms with Crippen molar-refractivity contribution >= 4 is 5.91 Å². The molecule has 1 aromatic rings. The van der Waals surface area contributed by atoms with Gasteiger partial charge in [-0.1, -0.05) is 11.6 Å². The minimum atomic E-state index is 0.150. The van der Waals surface area contributed by atoms with Gasteiger partial charge in [0.05, 0.1) is 12.7 Å². The molecule has 2 heterocycles. The van der Waals surface area contributed by atoms with Crippen LogP contribution < -0.4 is 5.32 Å². The molecule has 2 aliphatic rings. The number of nitrogens with one attached hydrogen (secondary N) is 1. The third kappa shape index (κ3) is 4.44. The van der Waals surface area contributed by atoms with Crippen molar-refractivity contribution in [2.45, 2.75) is 51.0 Å². The molecular formula is C18H28N4O. The van der Waals surface area contributed by atoms with Gasteiger partial charge in [0.1, 0.15) is 0 Å². The lowest BCUT2D eigenvalue weighted by molar-refractivity contribution is -0.122. The van der Waals surface area contributed by atoms with Gasteiger partial charge in [-0.05, 0) is 51.5 Å². The molecule has 5 nitrogen and oxygen atoms in total. The second-order valence-electron chi connectivity index (χ2n) is 6.78. The van der Waals surface area contributed by atoms with Crippen LogP contribution in [0.2, 0.25) is 0 Å². The van der Waals surface area contributed by atoms with Crippen molar-refractivity contribution in [1.82, 2.24) is 20.0 Å². The summed E-state index contributed by atoms with van der Waals surface area (Å²) in [6.45, 7) is 2.27. The molecule has 1 saturated heterocycles. The van der Waals surface area contributed by atoms with Gasteiger partial charge in [-0.3, -0.25) is 14.4 Å². The third-order valence-electron chi connectivity index (χ3n) is 4.97. The summed E-state index contributed by atoms with van der Waals surface area (Å²) in [4.78, 5) is 14.5. The Morgan fingerprint density at radius 1 is 1.39 bits per heavy atom. The lowest BCUT2D eigenvalue weighted by atomic mass is 9.97. The fourth-order valence-corrected chi connectivity index (χ4v) is 3.74. The van der Waals surface area contributed by atoms with Crippen LogP contribution in [-0.2, 0) is 11.8 Å². The van der Waals surface area contributed by atoms with Gasteiger partial charge < -0.3 is 5.32 Å². The summed E-state index contributed by atoms with van der Waals surface area (Å²) in [5.74, 6) is 0.150. The first-order chi connectivity index (χ1) is 11.2. The molecule has 0 spiro atoms. The highest BCUT2D eigenvalue weighted by Gasteiger charge is 2.28. The number of allylic oxidation sites excluding steroid dienone is 1. The summed E-state index contributed by atoms with van der Waals surface area (Å²) in [5.41, 5.74) is 2.75. The molecule has 3 rings (SSSR count). The first-order valence-electron chi connectivity index (χ1n) is 8.89. The van der Waals surface area contributed by atoms with Crippen molar-refractivity contribution in [3.05, 3.63) is 29.6 Å². The molecule has 0 saturated carbocycles. The summed E-state index contributed by atoms with van der Waals surface area (Å²) in [6.07, 6.45) is 14.7. The van der Waals surface area contributed by atoms with Crippen molar-refractivity contribution in [1.29, 1.82) is 0 Å². The predicted octanol–water partition coefficient (Wildman–Crippen LogP) is 2.56. The van der Waals surface area contributed by atoms with Gasteiger partial charge in [-0.15, -0.1) is 0 Å². The van der Waals surface area contributed by atoms with Crippen molar-refractivity contribution in [2.24, 2.45) is 7.05 Å². The Bertz CT molecular complexity index is 563. The smallest absolute Gasteiger partial charge is 0.234 e. The summed E-state index contributed by atoms with van der Waals surface area (Å²) in [7, 11) is 1.94. The van der Waals surface area contributed by atoms with Crippen molar-refractivity contribution in [3.63, 3.8) is 0 Å². The first kappa shape index (κ1) is 16.2. The zero-order valence-corrected chi connectivity index (χ0v) is 14.1. The molecule has 0 unspecified atom stereocenters. The lowest BCUT2D eigenvalue weighted by Gasteiger charge is -2.23. The standard InChI is InChI=1S/C18H28N4O/c1-21-13-16(12-20-21)17-8-5-11-22(17)14-18(23)19-10-9-15-6-3-2-4-7-15/h6,12-13,17H,2-5,7-11,14H2,1H3,(H,19,23)/t17-/m0/s1.